The highest BCUT2D eigenvalue weighted by Gasteiger charge is 2.45. The van der Waals surface area contributed by atoms with Crippen LogP contribution >= 0.6 is 0 Å². The number of carboxylic acid groups (broad SMARTS) is 1. The topological polar surface area (TPSA) is 327 Å². The zero-order valence-corrected chi connectivity index (χ0v) is 19.1. The lowest BCUT2D eigenvalue weighted by Crippen LogP contribution is -2.57. The lowest BCUT2D eigenvalue weighted by atomic mass is 10.0. The number of carboxylic acids is 1. The van der Waals surface area contributed by atoms with E-state index in [1.54, 1.807) is 0 Å². The first kappa shape index (κ1) is 31.2. The van der Waals surface area contributed by atoms with Crippen LogP contribution in [-0.2, 0) is 58.5 Å². The van der Waals surface area contributed by atoms with Crippen molar-refractivity contribution in [3.8, 4) is 0 Å². The number of aldehydes is 1. The van der Waals surface area contributed by atoms with Crippen molar-refractivity contribution >= 4 is 43.4 Å². The summed E-state index contributed by atoms with van der Waals surface area (Å²) >= 11 is 0. The fraction of sp³-hybridized carbons (Fsp3) is 0.667. The Morgan fingerprint density at radius 2 is 1.69 bits per heavy atom. The van der Waals surface area contributed by atoms with Crippen molar-refractivity contribution in [1.82, 2.24) is 4.72 Å². The van der Waals surface area contributed by atoms with Crippen molar-refractivity contribution in [1.29, 1.82) is 0 Å². The Bertz CT molecular complexity index is 1110. The van der Waals surface area contributed by atoms with Crippen LogP contribution in [0.5, 0.6) is 0 Å². The number of hydrogen-bond donors (Lipinski definition) is 8. The number of aliphatic hydroxyl groups is 3. The van der Waals surface area contributed by atoms with Gasteiger partial charge in [0.25, 0.3) is 0 Å². The molecular weight excluding hydrogens is 558 g/mol. The van der Waals surface area contributed by atoms with Gasteiger partial charge in [0.2, 0.25) is 12.0 Å². The molecule has 8 N–H and O–H groups in total. The van der Waals surface area contributed by atoms with E-state index in [4.69, 9.17) is 28.2 Å². The minimum atomic E-state index is -5.42. The molecule has 0 amide bonds. The van der Waals surface area contributed by atoms with E-state index in [0.717, 1.165) is 0 Å². The van der Waals surface area contributed by atoms with Gasteiger partial charge in [0.05, 0.1) is 6.61 Å². The lowest BCUT2D eigenvalue weighted by molar-refractivity contribution is -0.250. The van der Waals surface area contributed by atoms with Gasteiger partial charge < -0.3 is 34.7 Å². The fourth-order valence-electron chi connectivity index (χ4n) is 2.47. The van der Waals surface area contributed by atoms with Gasteiger partial charge >= 0.3 is 37.1 Å². The van der Waals surface area contributed by atoms with Crippen LogP contribution < -0.4 is 4.72 Å². The van der Waals surface area contributed by atoms with Gasteiger partial charge in [-0.05, 0) is 6.08 Å². The predicted octanol–water partition coefficient (Wildman–Crippen LogP) is -5.25. The number of aliphatic carboxylic acids is 1. The molecule has 0 spiro atoms. The van der Waals surface area contributed by atoms with E-state index in [0.29, 0.717) is 6.08 Å². The molecule has 23 heteroatoms. The molecular formula is C12H19NO19S3. The molecule has 0 saturated heterocycles. The zero-order chi connectivity index (χ0) is 27.4. The van der Waals surface area contributed by atoms with E-state index in [9.17, 15) is 50.2 Å². The first-order valence-corrected chi connectivity index (χ1v) is 12.7. The molecule has 1 rings (SSSR count). The SMILES string of the molecule is O=C[C@H](NS(=O)(=O)O)[C@H](O)[C@H](O[C@@H]1OC(C(=O)O)=C[C@H](O)[C@H]1OS(=O)(=O)O)[C@@H](O)COS(=O)(=O)O. The smallest absolute Gasteiger partial charge is 0.397 e. The monoisotopic (exact) mass is 577 g/mol. The molecule has 0 aromatic carbocycles. The van der Waals surface area contributed by atoms with Crippen LogP contribution in [0.2, 0.25) is 0 Å². The van der Waals surface area contributed by atoms with E-state index in [-0.39, 0.29) is 6.29 Å². The Morgan fingerprint density at radius 1 is 1.11 bits per heavy atom. The molecule has 0 fully saturated rings. The molecule has 1 aliphatic heterocycles. The molecule has 1 aliphatic rings. The first-order valence-electron chi connectivity index (χ1n) is 8.53. The second-order valence-corrected chi connectivity index (χ2v) is 9.75. The molecule has 20 nitrogen and oxygen atoms in total. The van der Waals surface area contributed by atoms with Crippen molar-refractivity contribution in [3.05, 3.63) is 11.8 Å². The summed E-state index contributed by atoms with van der Waals surface area (Å²) < 4.78 is 111. The van der Waals surface area contributed by atoms with Gasteiger partial charge in [-0.2, -0.15) is 30.0 Å². The molecule has 0 bridgehead atoms. The number of nitrogens with one attached hydrogen (secondary N) is 1. The maximum atomic E-state index is 11.2. The molecule has 35 heavy (non-hydrogen) atoms. The first-order chi connectivity index (χ1) is 15.7. The summed E-state index contributed by atoms with van der Waals surface area (Å²) in [5.41, 5.74) is 0. The average Bonchev–Trinajstić information content (AvgIpc) is 2.67. The average molecular weight is 577 g/mol. The highest BCUT2D eigenvalue weighted by atomic mass is 32.3. The van der Waals surface area contributed by atoms with Crippen molar-refractivity contribution in [2.75, 3.05) is 6.61 Å². The Labute approximate surface area is 196 Å². The molecule has 0 saturated carbocycles. The molecule has 0 radical (unpaired) electrons. The van der Waals surface area contributed by atoms with Crippen molar-refractivity contribution < 1.29 is 86.8 Å². The Kier molecular flexibility index (Phi) is 10.6. The third-order valence-corrected chi connectivity index (χ3v) is 5.28. The molecule has 0 unspecified atom stereocenters. The molecule has 204 valence electrons. The van der Waals surface area contributed by atoms with Crippen LogP contribution in [0.1, 0.15) is 0 Å². The highest BCUT2D eigenvalue weighted by molar-refractivity contribution is 7.83. The largest absolute Gasteiger partial charge is 0.475 e. The summed E-state index contributed by atoms with van der Waals surface area (Å²) in [7, 11) is -15.9. The van der Waals surface area contributed by atoms with Gasteiger partial charge in [0, 0.05) is 0 Å². The molecule has 0 aliphatic carbocycles. The van der Waals surface area contributed by atoms with Crippen molar-refractivity contribution in [2.24, 2.45) is 0 Å². The second kappa shape index (κ2) is 11.9. The number of carbonyl (C=O) groups excluding carboxylic acids is 1. The van der Waals surface area contributed by atoms with E-state index in [1.165, 1.54) is 4.72 Å². The number of carbonyl (C=O) groups is 2. The number of hydrogen-bond acceptors (Lipinski definition) is 15. The summed E-state index contributed by atoms with van der Waals surface area (Å²) in [5.74, 6) is -3.01. The molecule has 0 aromatic heterocycles. The molecule has 1 heterocycles. The number of rotatable bonds is 14. The number of aliphatic hydroxyl groups excluding tert-OH is 3. The Hall–Kier alpha value is -1.87. The summed E-state index contributed by atoms with van der Waals surface area (Å²) in [5, 5.41) is 39.5. The van der Waals surface area contributed by atoms with Gasteiger partial charge in [0.1, 0.15) is 36.7 Å². The van der Waals surface area contributed by atoms with Crippen LogP contribution in [0, 0.1) is 0 Å². The maximum absolute atomic E-state index is 11.2. The van der Waals surface area contributed by atoms with Crippen LogP contribution in [0.3, 0.4) is 0 Å². The molecule has 7 atom stereocenters. The van der Waals surface area contributed by atoms with E-state index >= 15 is 0 Å². The van der Waals surface area contributed by atoms with Crippen molar-refractivity contribution in [2.45, 2.75) is 42.9 Å². The van der Waals surface area contributed by atoms with E-state index < -0.39 is 92.3 Å². The standard InChI is InChI=1S/C12H19NO19S3/c14-2-4(13-33(20,21)22)8(17)9(6(16)3-29-34(23,24)25)31-12-10(32-35(26,27)28)5(15)1-7(30-12)11(18)19/h1-2,4-6,8-10,12-13,15-17H,3H2,(H,18,19)(H,20,21,22)(H,23,24,25)(H,26,27,28)/t4-,5-,6-,8-,9+,10+,12-/m0/s1. The van der Waals surface area contributed by atoms with Gasteiger partial charge in [-0.3, -0.25) is 13.7 Å². The highest BCUT2D eigenvalue weighted by Crippen LogP contribution is 2.26. The minimum absolute atomic E-state index is 0.351. The lowest BCUT2D eigenvalue weighted by Gasteiger charge is -2.37. The summed E-state index contributed by atoms with van der Waals surface area (Å²) in [4.78, 5) is 22.4. The summed E-state index contributed by atoms with van der Waals surface area (Å²) in [6, 6.07) is -2.38. The molecule has 0 aromatic rings. The van der Waals surface area contributed by atoms with Crippen LogP contribution in [0.25, 0.3) is 0 Å². The second-order valence-electron chi connectivity index (χ2n) is 6.43. The van der Waals surface area contributed by atoms with Gasteiger partial charge in [-0.1, -0.05) is 0 Å². The Morgan fingerprint density at radius 3 is 2.11 bits per heavy atom. The van der Waals surface area contributed by atoms with Crippen molar-refractivity contribution in [3.63, 3.8) is 0 Å². The minimum Gasteiger partial charge on any atom is -0.475 e. The van der Waals surface area contributed by atoms with Gasteiger partial charge in [-0.25, -0.2) is 13.2 Å². The predicted molar refractivity (Wildman–Crippen MR) is 102 cm³/mol. The third-order valence-electron chi connectivity index (χ3n) is 3.81. The Balaban J connectivity index is 3.43. The summed E-state index contributed by atoms with van der Waals surface area (Å²) in [6.45, 7) is -1.49. The van der Waals surface area contributed by atoms with Crippen LogP contribution in [0.15, 0.2) is 11.8 Å². The normalized spacial score (nSPS) is 25.0. The van der Waals surface area contributed by atoms with Gasteiger partial charge in [0.15, 0.2) is 6.10 Å². The summed E-state index contributed by atoms with van der Waals surface area (Å²) in [6.07, 6.45) is -14.7. The van der Waals surface area contributed by atoms with Crippen LogP contribution in [0.4, 0.5) is 0 Å². The van der Waals surface area contributed by atoms with E-state index in [2.05, 4.69) is 8.37 Å². The van der Waals surface area contributed by atoms with Crippen LogP contribution in [-0.4, -0.2) is 121 Å². The number of ether oxygens (including phenoxy) is 2. The van der Waals surface area contributed by atoms with Gasteiger partial charge in [-0.15, -0.1) is 0 Å². The van der Waals surface area contributed by atoms with E-state index in [1.807, 2.05) is 0 Å². The third kappa shape index (κ3) is 10.7. The quantitative estimate of drug-likeness (QED) is 0.0705. The maximum Gasteiger partial charge on any atom is 0.397 e. The fourth-order valence-corrected chi connectivity index (χ4v) is 3.81. The zero-order valence-electron chi connectivity index (χ0n) is 16.7.